The fraction of sp³-hybridized carbons (Fsp3) is 0.320. The van der Waals surface area contributed by atoms with Crippen LogP contribution in [0, 0.1) is 11.7 Å². The highest BCUT2D eigenvalue weighted by Crippen LogP contribution is 2.50. The van der Waals surface area contributed by atoms with Gasteiger partial charge in [0.05, 0.1) is 22.3 Å². The quantitative estimate of drug-likeness (QED) is 0.127. The molecule has 1 atom stereocenters. The molecule has 1 N–H and O–H groups in total. The van der Waals surface area contributed by atoms with E-state index in [1.54, 1.807) is 34.6 Å². The highest BCUT2D eigenvalue weighted by Gasteiger charge is 2.43. The van der Waals surface area contributed by atoms with Crippen LogP contribution in [0.5, 0.6) is 28.7 Å². The first-order valence-electron chi connectivity index (χ1n) is 22.3. The third-order valence-electron chi connectivity index (χ3n) is 13.2. The van der Waals surface area contributed by atoms with Crippen LogP contribution in [0.25, 0.3) is 20.5 Å². The number of halogens is 1. The van der Waals surface area contributed by atoms with E-state index in [0.29, 0.717) is 47.5 Å². The molecule has 332 valence electrons. The maximum absolute atomic E-state index is 14.0. The molecule has 3 saturated heterocycles. The van der Waals surface area contributed by atoms with Crippen LogP contribution in [-0.4, -0.2) is 91.2 Å². The van der Waals surface area contributed by atoms with Crippen LogP contribution in [0.15, 0.2) is 97.2 Å². The number of carbonyl (C=O) groups is 3. The first kappa shape index (κ1) is 41.0. The van der Waals surface area contributed by atoms with Gasteiger partial charge in [-0.1, -0.05) is 42.5 Å². The molecule has 7 heterocycles. The van der Waals surface area contributed by atoms with Crippen molar-refractivity contribution in [1.82, 2.24) is 20.1 Å². The lowest BCUT2D eigenvalue weighted by molar-refractivity contribution is -0.136. The molecule has 65 heavy (non-hydrogen) atoms. The van der Waals surface area contributed by atoms with Gasteiger partial charge in [-0.3, -0.25) is 24.6 Å². The normalized spacial score (nSPS) is 18.9. The number of aromatic nitrogens is 1. The number of hydrogen-bond acceptors (Lipinski definition) is 12. The molecule has 0 aliphatic carbocycles. The topological polar surface area (TPSA) is 126 Å². The van der Waals surface area contributed by atoms with Crippen LogP contribution < -0.4 is 34.1 Å². The fourth-order valence-electron chi connectivity index (χ4n) is 9.72. The lowest BCUT2D eigenvalue weighted by Crippen LogP contribution is -2.52. The summed E-state index contributed by atoms with van der Waals surface area (Å²) in [6, 6.07) is 27.9. The Labute approximate surface area is 379 Å². The average Bonchev–Trinajstić information content (AvgIpc) is 4.05. The number of carbonyl (C=O) groups excluding carboxylic acids is 3. The van der Waals surface area contributed by atoms with E-state index in [1.165, 1.54) is 12.1 Å². The van der Waals surface area contributed by atoms with E-state index in [2.05, 4.69) is 20.0 Å². The SMILES string of the molecule is O=C1CCC(N2Cc3cc(N4CCN(CC5CCN(c6ccc(Oc7c(-c8ccc(F)cc8)sc8cc(OCc9ccccc9)ccc78)cn6)CC5)CC4)c4c(c3C2=O)OCO4)C(=O)N1. The number of nitrogens with one attached hydrogen (secondary N) is 1. The first-order valence-corrected chi connectivity index (χ1v) is 23.1. The summed E-state index contributed by atoms with van der Waals surface area (Å²) < 4.78 is 39.6. The van der Waals surface area contributed by atoms with Gasteiger partial charge in [-0.15, -0.1) is 11.3 Å². The van der Waals surface area contributed by atoms with Gasteiger partial charge in [0.15, 0.2) is 17.2 Å². The largest absolute Gasteiger partial charge is 0.489 e. The molecule has 0 radical (unpaired) electrons. The van der Waals surface area contributed by atoms with Crippen molar-refractivity contribution < 1.29 is 37.7 Å². The minimum Gasteiger partial charge on any atom is -0.489 e. The highest BCUT2D eigenvalue weighted by molar-refractivity contribution is 7.22. The maximum atomic E-state index is 14.0. The van der Waals surface area contributed by atoms with E-state index in [1.807, 2.05) is 66.7 Å². The molecule has 0 saturated carbocycles. The minimum absolute atomic E-state index is 0.0381. The van der Waals surface area contributed by atoms with Crippen molar-refractivity contribution in [1.29, 1.82) is 0 Å². The van der Waals surface area contributed by atoms with E-state index in [-0.39, 0.29) is 37.4 Å². The Hall–Kier alpha value is -6.71. The standard InChI is InChI=1S/C50H47FN6O7S/c51-35-8-6-33(7-9-35)48-45(38-12-10-36(25-41(38)65-48)61-29-32-4-2-1-3-5-32)64-37-11-14-42(52-26-37)56-18-16-31(17-19-56)27-54-20-22-55(23-21-54)40-24-34-28-57(39-13-15-43(58)53-49(39)59)50(60)44(34)47-46(40)62-30-63-47/h1-12,14,24-26,31,39H,13,15-23,27-30H2,(H,53,58,59). The number of benzene rings is 4. The first-order chi connectivity index (χ1) is 31.8. The molecule has 13 nitrogen and oxygen atoms in total. The van der Waals surface area contributed by atoms with Crippen molar-refractivity contribution >= 4 is 50.6 Å². The molecule has 4 aromatic carbocycles. The zero-order valence-corrected chi connectivity index (χ0v) is 36.5. The number of imide groups is 1. The molecule has 0 spiro atoms. The van der Waals surface area contributed by atoms with Crippen molar-refractivity contribution in [3.63, 3.8) is 0 Å². The Morgan fingerprint density at radius 1 is 0.815 bits per heavy atom. The predicted molar refractivity (Wildman–Crippen MR) is 245 cm³/mol. The number of amides is 3. The summed E-state index contributed by atoms with van der Waals surface area (Å²) in [5.74, 6) is 3.35. The number of hydrogen-bond donors (Lipinski definition) is 1. The lowest BCUT2D eigenvalue weighted by Gasteiger charge is -2.40. The number of fused-ring (bicyclic) bond motifs is 4. The Bertz CT molecular complexity index is 2770. The van der Waals surface area contributed by atoms with E-state index in [0.717, 1.165) is 108 Å². The summed E-state index contributed by atoms with van der Waals surface area (Å²) >= 11 is 1.59. The Balaban J connectivity index is 0.701. The van der Waals surface area contributed by atoms with Crippen LogP contribution in [0.1, 0.15) is 47.2 Å². The number of ether oxygens (including phenoxy) is 4. The molecule has 0 bridgehead atoms. The second-order valence-corrected chi connectivity index (χ2v) is 18.3. The number of pyridine rings is 1. The predicted octanol–water partition coefficient (Wildman–Crippen LogP) is 8.00. The average molecular weight is 895 g/mol. The van der Waals surface area contributed by atoms with E-state index >= 15 is 0 Å². The Morgan fingerprint density at radius 2 is 1.60 bits per heavy atom. The summed E-state index contributed by atoms with van der Waals surface area (Å²) in [5.41, 5.74) is 4.16. The van der Waals surface area contributed by atoms with Crippen molar-refractivity contribution in [2.75, 3.05) is 62.4 Å². The number of rotatable bonds is 11. The van der Waals surface area contributed by atoms with Gasteiger partial charge in [0, 0.05) is 68.9 Å². The summed E-state index contributed by atoms with van der Waals surface area (Å²) in [4.78, 5) is 52.6. The van der Waals surface area contributed by atoms with E-state index in [4.69, 9.17) is 23.9 Å². The van der Waals surface area contributed by atoms with Gasteiger partial charge >= 0.3 is 0 Å². The molecule has 5 aliphatic heterocycles. The number of thiophene rings is 1. The van der Waals surface area contributed by atoms with Gasteiger partial charge < -0.3 is 33.6 Å². The van der Waals surface area contributed by atoms with Gasteiger partial charge in [0.2, 0.25) is 18.6 Å². The summed E-state index contributed by atoms with van der Waals surface area (Å²) in [6.45, 7) is 7.10. The molecule has 1 unspecified atom stereocenters. The van der Waals surface area contributed by atoms with Gasteiger partial charge in [-0.05, 0) is 90.4 Å². The Morgan fingerprint density at radius 3 is 2.37 bits per heavy atom. The second kappa shape index (κ2) is 17.3. The third-order valence-corrected chi connectivity index (χ3v) is 14.4. The van der Waals surface area contributed by atoms with Crippen LogP contribution in [-0.2, 0) is 22.7 Å². The van der Waals surface area contributed by atoms with Crippen molar-refractivity contribution in [3.8, 4) is 39.2 Å². The molecular formula is C50H47FN6O7S. The van der Waals surface area contributed by atoms with Crippen molar-refractivity contribution in [3.05, 3.63) is 120 Å². The zero-order valence-electron chi connectivity index (χ0n) is 35.7. The number of piperidine rings is 2. The van der Waals surface area contributed by atoms with Gasteiger partial charge in [-0.2, -0.15) is 0 Å². The van der Waals surface area contributed by atoms with Crippen molar-refractivity contribution in [2.24, 2.45) is 5.92 Å². The number of nitrogens with zero attached hydrogens (tertiary/aromatic N) is 5. The molecule has 6 aromatic rings. The van der Waals surface area contributed by atoms with Crippen LogP contribution in [0.4, 0.5) is 15.9 Å². The number of anilines is 2. The van der Waals surface area contributed by atoms with Crippen LogP contribution in [0.3, 0.4) is 0 Å². The van der Waals surface area contributed by atoms with Crippen molar-refractivity contribution in [2.45, 2.75) is 44.9 Å². The monoisotopic (exact) mass is 894 g/mol. The fourth-order valence-corrected chi connectivity index (χ4v) is 10.9. The molecule has 3 amide bonds. The number of piperazine rings is 1. The summed E-state index contributed by atoms with van der Waals surface area (Å²) in [5, 5.41) is 3.32. The minimum atomic E-state index is -0.689. The lowest BCUT2D eigenvalue weighted by atomic mass is 9.96. The van der Waals surface area contributed by atoms with E-state index in [9.17, 15) is 18.8 Å². The van der Waals surface area contributed by atoms with Gasteiger partial charge in [0.25, 0.3) is 5.91 Å². The van der Waals surface area contributed by atoms with E-state index < -0.39 is 11.9 Å². The summed E-state index contributed by atoms with van der Waals surface area (Å²) in [6.07, 6.45) is 4.44. The smallest absolute Gasteiger partial charge is 0.259 e. The molecule has 2 aromatic heterocycles. The summed E-state index contributed by atoms with van der Waals surface area (Å²) in [7, 11) is 0. The molecule has 15 heteroatoms. The zero-order chi connectivity index (χ0) is 44.0. The van der Waals surface area contributed by atoms with Gasteiger partial charge in [0.1, 0.15) is 35.8 Å². The molecule has 11 rings (SSSR count). The molecule has 5 aliphatic rings. The Kier molecular flexibility index (Phi) is 10.9. The third kappa shape index (κ3) is 8.18. The van der Waals surface area contributed by atoms with Crippen LogP contribution >= 0.6 is 11.3 Å². The van der Waals surface area contributed by atoms with Crippen LogP contribution in [0.2, 0.25) is 0 Å². The molecule has 3 fully saturated rings. The highest BCUT2D eigenvalue weighted by atomic mass is 32.1. The maximum Gasteiger partial charge on any atom is 0.259 e. The molecular weight excluding hydrogens is 848 g/mol. The second-order valence-electron chi connectivity index (χ2n) is 17.3. The van der Waals surface area contributed by atoms with Gasteiger partial charge in [-0.25, -0.2) is 9.37 Å².